The molecule has 3 heteroatoms. The summed E-state index contributed by atoms with van der Waals surface area (Å²) in [5.74, 6) is 0. The molecule has 0 saturated carbocycles. The van der Waals surface area contributed by atoms with Crippen LogP contribution in [0.1, 0.15) is 13.8 Å². The van der Waals surface area contributed by atoms with Crippen LogP contribution in [0.15, 0.2) is 4.99 Å². The summed E-state index contributed by atoms with van der Waals surface area (Å²) in [5.41, 5.74) is 0. The average Bonchev–Trinajstić information content (AvgIpc) is 1.85. The van der Waals surface area contributed by atoms with Crippen molar-refractivity contribution in [2.24, 2.45) is 4.99 Å². The van der Waals surface area contributed by atoms with Gasteiger partial charge in [0.15, 0.2) is 0 Å². The van der Waals surface area contributed by atoms with E-state index in [0.29, 0.717) is 13.2 Å². The Kier molecular flexibility index (Phi) is 5.07. The van der Waals surface area contributed by atoms with Gasteiger partial charge in [-0.1, -0.05) is 0 Å². The van der Waals surface area contributed by atoms with Crippen LogP contribution in [0.2, 0.25) is 0 Å². The van der Waals surface area contributed by atoms with E-state index in [-0.39, 0.29) is 6.04 Å². The van der Waals surface area contributed by atoms with Crippen LogP contribution >= 0.6 is 0 Å². The zero-order chi connectivity index (χ0) is 7.11. The third kappa shape index (κ3) is 5.21. The van der Waals surface area contributed by atoms with Crippen LogP contribution in [0.25, 0.3) is 0 Å². The lowest BCUT2D eigenvalue weighted by Crippen LogP contribution is -2.08. The summed E-state index contributed by atoms with van der Waals surface area (Å²) in [7, 11) is 0. The van der Waals surface area contributed by atoms with E-state index in [2.05, 4.69) is 4.99 Å². The fourth-order valence-electron chi connectivity index (χ4n) is 0.416. The Labute approximate surface area is 54.7 Å². The molecule has 0 aromatic carbocycles. The van der Waals surface area contributed by atoms with E-state index >= 15 is 0 Å². The van der Waals surface area contributed by atoms with E-state index in [1.807, 2.05) is 6.92 Å². The molecule has 52 valence electrons. The Balaban J connectivity index is 3.26. The van der Waals surface area contributed by atoms with Crippen molar-refractivity contribution in [3.8, 4) is 0 Å². The van der Waals surface area contributed by atoms with Crippen molar-refractivity contribution < 1.29 is 9.53 Å². The van der Waals surface area contributed by atoms with E-state index < -0.39 is 0 Å². The van der Waals surface area contributed by atoms with Crippen molar-refractivity contribution in [3.63, 3.8) is 0 Å². The molecule has 0 amide bonds. The molecule has 0 bridgehead atoms. The van der Waals surface area contributed by atoms with Crippen LogP contribution in [0.5, 0.6) is 0 Å². The minimum atomic E-state index is -0.0533. The van der Waals surface area contributed by atoms with E-state index in [1.165, 1.54) is 6.08 Å². The summed E-state index contributed by atoms with van der Waals surface area (Å²) in [5, 5.41) is 0. The molecule has 0 rings (SSSR count). The van der Waals surface area contributed by atoms with Gasteiger partial charge in [-0.3, -0.25) is 0 Å². The van der Waals surface area contributed by atoms with Gasteiger partial charge in [-0.2, -0.15) is 0 Å². The van der Waals surface area contributed by atoms with Crippen molar-refractivity contribution in [3.05, 3.63) is 0 Å². The lowest BCUT2D eigenvalue weighted by atomic mass is 10.4. The van der Waals surface area contributed by atoms with Crippen molar-refractivity contribution in [1.82, 2.24) is 0 Å². The van der Waals surface area contributed by atoms with Crippen LogP contribution in [0.4, 0.5) is 0 Å². The summed E-state index contributed by atoms with van der Waals surface area (Å²) in [6, 6.07) is -0.0533. The molecule has 0 spiro atoms. The topological polar surface area (TPSA) is 38.7 Å². The fraction of sp³-hybridized carbons (Fsp3) is 0.833. The van der Waals surface area contributed by atoms with Gasteiger partial charge in [-0.05, 0) is 13.8 Å². The summed E-state index contributed by atoms with van der Waals surface area (Å²) in [6.45, 7) is 4.88. The van der Waals surface area contributed by atoms with E-state index in [0.717, 1.165) is 0 Å². The average molecular weight is 129 g/mol. The van der Waals surface area contributed by atoms with Crippen molar-refractivity contribution in [2.75, 3.05) is 13.2 Å². The summed E-state index contributed by atoms with van der Waals surface area (Å²) >= 11 is 0. The third-order valence-electron chi connectivity index (χ3n) is 0.836. The van der Waals surface area contributed by atoms with Crippen molar-refractivity contribution >= 4 is 6.08 Å². The molecule has 0 aliphatic rings. The second-order valence-electron chi connectivity index (χ2n) is 1.73. The molecule has 0 N–H and O–H groups in total. The molecule has 0 aromatic heterocycles. The zero-order valence-corrected chi connectivity index (χ0v) is 5.76. The van der Waals surface area contributed by atoms with Gasteiger partial charge in [0.2, 0.25) is 6.08 Å². The molecule has 0 aliphatic heterocycles. The monoisotopic (exact) mass is 129 g/mol. The highest BCUT2D eigenvalue weighted by atomic mass is 16.5. The first-order valence-corrected chi connectivity index (χ1v) is 2.96. The normalized spacial score (nSPS) is 12.2. The van der Waals surface area contributed by atoms with Crippen LogP contribution < -0.4 is 0 Å². The van der Waals surface area contributed by atoms with Gasteiger partial charge in [0.25, 0.3) is 0 Å². The largest absolute Gasteiger partial charge is 0.379 e. The SMILES string of the molecule is CCOCC(C)N=C=O. The quantitative estimate of drug-likeness (QED) is 0.415. The van der Waals surface area contributed by atoms with Gasteiger partial charge in [-0.15, -0.1) is 0 Å². The maximum Gasteiger partial charge on any atom is 0.235 e. The number of isocyanates is 1. The number of hydrogen-bond acceptors (Lipinski definition) is 3. The first-order valence-electron chi connectivity index (χ1n) is 2.96. The van der Waals surface area contributed by atoms with Gasteiger partial charge in [0.05, 0.1) is 12.6 Å². The molecular formula is C6H11NO2. The minimum absolute atomic E-state index is 0.0533. The summed E-state index contributed by atoms with van der Waals surface area (Å²) in [4.78, 5) is 13.1. The second kappa shape index (κ2) is 5.48. The Morgan fingerprint density at radius 3 is 2.89 bits per heavy atom. The predicted molar refractivity (Wildman–Crippen MR) is 34.1 cm³/mol. The van der Waals surface area contributed by atoms with Crippen LogP contribution in [0.3, 0.4) is 0 Å². The van der Waals surface area contributed by atoms with Gasteiger partial charge in [0.1, 0.15) is 0 Å². The van der Waals surface area contributed by atoms with Gasteiger partial charge >= 0.3 is 0 Å². The molecule has 0 aliphatic carbocycles. The number of nitrogens with zero attached hydrogens (tertiary/aromatic N) is 1. The van der Waals surface area contributed by atoms with Crippen LogP contribution in [0, 0.1) is 0 Å². The molecule has 1 unspecified atom stereocenters. The molecular weight excluding hydrogens is 118 g/mol. The van der Waals surface area contributed by atoms with E-state index in [1.54, 1.807) is 6.92 Å². The second-order valence-corrected chi connectivity index (χ2v) is 1.73. The molecule has 0 radical (unpaired) electrons. The summed E-state index contributed by atoms with van der Waals surface area (Å²) < 4.78 is 4.98. The van der Waals surface area contributed by atoms with Crippen molar-refractivity contribution in [2.45, 2.75) is 19.9 Å². The number of aliphatic imine (C=N–C) groups is 1. The Hall–Kier alpha value is -0.660. The molecule has 0 saturated heterocycles. The summed E-state index contributed by atoms with van der Waals surface area (Å²) in [6.07, 6.45) is 1.47. The molecule has 0 heterocycles. The van der Waals surface area contributed by atoms with Crippen LogP contribution in [-0.4, -0.2) is 25.3 Å². The number of rotatable bonds is 4. The van der Waals surface area contributed by atoms with E-state index in [9.17, 15) is 4.79 Å². The lowest BCUT2D eigenvalue weighted by Gasteiger charge is -2.01. The maximum atomic E-state index is 9.63. The highest BCUT2D eigenvalue weighted by molar-refractivity contribution is 5.33. The lowest BCUT2D eigenvalue weighted by molar-refractivity contribution is 0.137. The number of hydrogen-bond donors (Lipinski definition) is 0. The zero-order valence-electron chi connectivity index (χ0n) is 5.76. The maximum absolute atomic E-state index is 9.63. The minimum Gasteiger partial charge on any atom is -0.379 e. The first kappa shape index (κ1) is 8.34. The first-order chi connectivity index (χ1) is 4.31. The Morgan fingerprint density at radius 1 is 1.78 bits per heavy atom. The Morgan fingerprint density at radius 2 is 2.44 bits per heavy atom. The van der Waals surface area contributed by atoms with E-state index in [4.69, 9.17) is 4.74 Å². The van der Waals surface area contributed by atoms with Gasteiger partial charge in [0, 0.05) is 6.61 Å². The van der Waals surface area contributed by atoms with Crippen LogP contribution in [-0.2, 0) is 9.53 Å². The molecule has 0 aromatic rings. The predicted octanol–water partition coefficient (Wildman–Crippen LogP) is 0.747. The standard InChI is InChI=1S/C6H11NO2/c1-3-9-4-6(2)7-5-8/h6H,3-4H2,1-2H3. The fourth-order valence-corrected chi connectivity index (χ4v) is 0.416. The molecule has 3 nitrogen and oxygen atoms in total. The molecule has 1 atom stereocenters. The van der Waals surface area contributed by atoms with Gasteiger partial charge < -0.3 is 4.74 Å². The smallest absolute Gasteiger partial charge is 0.235 e. The highest BCUT2D eigenvalue weighted by Gasteiger charge is 1.95. The number of carbonyl (C=O) groups excluding carboxylic acids is 1. The highest BCUT2D eigenvalue weighted by Crippen LogP contribution is 1.87. The van der Waals surface area contributed by atoms with Gasteiger partial charge in [-0.25, -0.2) is 9.79 Å². The number of ether oxygens (including phenoxy) is 1. The van der Waals surface area contributed by atoms with Crippen molar-refractivity contribution in [1.29, 1.82) is 0 Å². The third-order valence-corrected chi connectivity index (χ3v) is 0.836. The molecule has 9 heavy (non-hydrogen) atoms. The Bertz CT molecular complexity index is 108. The molecule has 0 fully saturated rings.